The van der Waals surface area contributed by atoms with E-state index in [1.54, 1.807) is 37.8 Å². The number of ether oxygens (including phenoxy) is 2. The number of alkyl carbamates (subject to hydrolysis) is 1. The minimum atomic E-state index is -0.641. The van der Waals surface area contributed by atoms with Crippen LogP contribution in [-0.4, -0.2) is 90.0 Å². The number of nitrogens with zero attached hydrogens (tertiary/aromatic N) is 3. The maximum absolute atomic E-state index is 12.7. The maximum atomic E-state index is 12.7. The van der Waals surface area contributed by atoms with Crippen molar-refractivity contribution in [3.05, 3.63) is 39.9 Å². The highest BCUT2D eigenvalue weighted by molar-refractivity contribution is 5.68. The zero-order valence-electron chi connectivity index (χ0n) is 22.3. The fourth-order valence-corrected chi connectivity index (χ4v) is 3.74. The predicted octanol–water partition coefficient (Wildman–Crippen LogP) is 3.17. The Morgan fingerprint density at radius 3 is 2.19 bits per heavy atom. The number of nitrogens with one attached hydrogen (secondary N) is 2. The van der Waals surface area contributed by atoms with Crippen LogP contribution >= 0.6 is 0 Å². The van der Waals surface area contributed by atoms with E-state index in [1.807, 2.05) is 20.8 Å². The third-order valence-electron chi connectivity index (χ3n) is 5.33. The van der Waals surface area contributed by atoms with Gasteiger partial charge in [0.1, 0.15) is 11.2 Å². The number of benzene rings is 1. The monoisotopic (exact) mass is 507 g/mol. The molecule has 0 aromatic heterocycles. The van der Waals surface area contributed by atoms with Crippen molar-refractivity contribution in [3.63, 3.8) is 0 Å². The molecule has 1 fully saturated rings. The molecule has 1 saturated heterocycles. The zero-order valence-corrected chi connectivity index (χ0v) is 22.3. The summed E-state index contributed by atoms with van der Waals surface area (Å²) >= 11 is 0. The van der Waals surface area contributed by atoms with E-state index >= 15 is 0 Å². The van der Waals surface area contributed by atoms with Crippen molar-refractivity contribution in [3.8, 4) is 0 Å². The van der Waals surface area contributed by atoms with Crippen LogP contribution < -0.4 is 10.6 Å². The topological polar surface area (TPSA) is 126 Å². The number of rotatable bonds is 6. The summed E-state index contributed by atoms with van der Waals surface area (Å²) in [6.07, 6.45) is -0.399. The standard InChI is InChI=1S/C25H41N5O6/c1-24(2,3)35-22(31)27-20(17-19-7-9-21(10-8-19)30(33)34)18-28-13-11-26-12-14-29(16-15-28)23(32)36-25(4,5)6/h7-10,20,26H,11-18H2,1-6H3,(H,27,31). The van der Waals surface area contributed by atoms with Crippen molar-refractivity contribution >= 4 is 17.9 Å². The summed E-state index contributed by atoms with van der Waals surface area (Å²) in [4.78, 5) is 39.7. The number of carbonyl (C=O) groups is 2. The van der Waals surface area contributed by atoms with Crippen molar-refractivity contribution in [2.24, 2.45) is 0 Å². The molecule has 11 heteroatoms. The van der Waals surface area contributed by atoms with Gasteiger partial charge in [-0.1, -0.05) is 12.1 Å². The van der Waals surface area contributed by atoms with Crippen molar-refractivity contribution in [2.45, 2.75) is 65.2 Å². The molecule has 1 atom stereocenters. The summed E-state index contributed by atoms with van der Waals surface area (Å²) in [6.45, 7) is 15.2. The SMILES string of the molecule is CC(C)(C)OC(=O)NC(Cc1ccc([N+](=O)[O-])cc1)CN1CCNCCN(C(=O)OC(C)(C)C)CC1. The Morgan fingerprint density at radius 2 is 1.61 bits per heavy atom. The third kappa shape index (κ3) is 11.2. The number of nitro benzene ring substituents is 1. The molecule has 0 aliphatic carbocycles. The molecule has 0 bridgehead atoms. The average molecular weight is 508 g/mol. The Morgan fingerprint density at radius 1 is 1.00 bits per heavy atom. The maximum Gasteiger partial charge on any atom is 0.410 e. The van der Waals surface area contributed by atoms with Gasteiger partial charge in [0.05, 0.1) is 4.92 Å². The lowest BCUT2D eigenvalue weighted by molar-refractivity contribution is -0.384. The molecule has 2 rings (SSSR count). The van der Waals surface area contributed by atoms with E-state index in [2.05, 4.69) is 15.5 Å². The Balaban J connectivity index is 2.12. The molecule has 1 aromatic rings. The van der Waals surface area contributed by atoms with Crippen molar-refractivity contribution < 1.29 is 24.0 Å². The van der Waals surface area contributed by atoms with E-state index in [9.17, 15) is 19.7 Å². The average Bonchev–Trinajstić information content (AvgIpc) is 2.84. The molecule has 1 aliphatic heterocycles. The van der Waals surface area contributed by atoms with Gasteiger partial charge < -0.3 is 25.0 Å². The third-order valence-corrected chi connectivity index (χ3v) is 5.33. The Labute approximate surface area is 213 Å². The van der Waals surface area contributed by atoms with E-state index < -0.39 is 22.2 Å². The smallest absolute Gasteiger partial charge is 0.410 e. The number of hydrogen-bond acceptors (Lipinski definition) is 8. The van der Waals surface area contributed by atoms with E-state index in [0.717, 1.165) is 18.7 Å². The largest absolute Gasteiger partial charge is 0.444 e. The zero-order chi connectivity index (χ0) is 26.9. The highest BCUT2D eigenvalue weighted by Gasteiger charge is 2.25. The van der Waals surface area contributed by atoms with Gasteiger partial charge in [-0.15, -0.1) is 0 Å². The second-order valence-electron chi connectivity index (χ2n) is 11.0. The molecular weight excluding hydrogens is 466 g/mol. The molecule has 0 radical (unpaired) electrons. The summed E-state index contributed by atoms with van der Waals surface area (Å²) < 4.78 is 11.0. The summed E-state index contributed by atoms with van der Waals surface area (Å²) in [7, 11) is 0. The van der Waals surface area contributed by atoms with Gasteiger partial charge in [0.25, 0.3) is 5.69 Å². The fourth-order valence-electron chi connectivity index (χ4n) is 3.74. The Hall–Kier alpha value is -2.92. The van der Waals surface area contributed by atoms with Crippen LogP contribution in [0.15, 0.2) is 24.3 Å². The van der Waals surface area contributed by atoms with Gasteiger partial charge in [-0.3, -0.25) is 15.0 Å². The van der Waals surface area contributed by atoms with Gasteiger partial charge in [-0.2, -0.15) is 0 Å². The fraction of sp³-hybridized carbons (Fsp3) is 0.680. The number of non-ortho nitro benzene ring substituents is 1. The van der Waals surface area contributed by atoms with Crippen molar-refractivity contribution in [1.29, 1.82) is 0 Å². The van der Waals surface area contributed by atoms with Crippen LogP contribution in [0, 0.1) is 10.1 Å². The van der Waals surface area contributed by atoms with Crippen LogP contribution in [0.4, 0.5) is 15.3 Å². The first-order valence-electron chi connectivity index (χ1n) is 12.4. The minimum Gasteiger partial charge on any atom is -0.444 e. The molecule has 11 nitrogen and oxygen atoms in total. The number of nitro groups is 1. The number of carbonyl (C=O) groups excluding carboxylic acids is 2. The predicted molar refractivity (Wildman–Crippen MR) is 137 cm³/mol. The highest BCUT2D eigenvalue weighted by atomic mass is 16.6. The molecule has 0 saturated carbocycles. The summed E-state index contributed by atoms with van der Waals surface area (Å²) in [5.41, 5.74) is -0.336. The minimum absolute atomic E-state index is 0.0173. The van der Waals surface area contributed by atoms with Crippen LogP contribution in [0.2, 0.25) is 0 Å². The van der Waals surface area contributed by atoms with Gasteiger partial charge in [-0.05, 0) is 53.5 Å². The Kier molecular flexibility index (Phi) is 10.5. The molecule has 2 N–H and O–H groups in total. The number of hydrogen-bond donors (Lipinski definition) is 2. The van der Waals surface area contributed by atoms with E-state index in [4.69, 9.17) is 9.47 Å². The normalized spacial score (nSPS) is 16.8. The molecule has 1 aromatic carbocycles. The molecular formula is C25H41N5O6. The van der Waals surface area contributed by atoms with Gasteiger partial charge in [0.15, 0.2) is 0 Å². The molecule has 1 heterocycles. The van der Waals surface area contributed by atoms with Gasteiger partial charge in [0.2, 0.25) is 0 Å². The summed E-state index contributed by atoms with van der Waals surface area (Å²) in [5, 5.41) is 17.3. The van der Waals surface area contributed by atoms with E-state index in [0.29, 0.717) is 39.1 Å². The van der Waals surface area contributed by atoms with Crippen LogP contribution in [0.5, 0.6) is 0 Å². The van der Waals surface area contributed by atoms with Crippen LogP contribution in [-0.2, 0) is 15.9 Å². The molecule has 0 spiro atoms. The summed E-state index contributed by atoms with van der Waals surface area (Å²) in [5.74, 6) is 0. The first kappa shape index (κ1) is 29.3. The van der Waals surface area contributed by atoms with Crippen LogP contribution in [0.25, 0.3) is 0 Å². The van der Waals surface area contributed by atoms with E-state index in [-0.39, 0.29) is 17.8 Å². The number of amides is 2. The first-order valence-corrected chi connectivity index (χ1v) is 12.4. The molecule has 2 amide bonds. The van der Waals surface area contributed by atoms with Crippen molar-refractivity contribution in [2.75, 3.05) is 45.8 Å². The van der Waals surface area contributed by atoms with Gasteiger partial charge >= 0.3 is 12.2 Å². The quantitative estimate of drug-likeness (QED) is 0.444. The molecule has 36 heavy (non-hydrogen) atoms. The Bertz CT molecular complexity index is 878. The van der Waals surface area contributed by atoms with Gasteiger partial charge in [0, 0.05) is 64.0 Å². The lowest BCUT2D eigenvalue weighted by Crippen LogP contribution is -2.49. The second-order valence-corrected chi connectivity index (χ2v) is 11.0. The highest BCUT2D eigenvalue weighted by Crippen LogP contribution is 2.15. The van der Waals surface area contributed by atoms with E-state index in [1.165, 1.54) is 12.1 Å². The first-order chi connectivity index (χ1) is 16.7. The van der Waals surface area contributed by atoms with Crippen molar-refractivity contribution in [1.82, 2.24) is 20.4 Å². The van der Waals surface area contributed by atoms with Crippen LogP contribution in [0.3, 0.4) is 0 Å². The lowest BCUT2D eigenvalue weighted by atomic mass is 10.0. The molecule has 1 aliphatic rings. The molecule has 1 unspecified atom stereocenters. The molecule has 202 valence electrons. The van der Waals surface area contributed by atoms with Gasteiger partial charge in [-0.25, -0.2) is 9.59 Å². The summed E-state index contributed by atoms with van der Waals surface area (Å²) in [6, 6.07) is 6.02. The van der Waals surface area contributed by atoms with Crippen LogP contribution in [0.1, 0.15) is 47.1 Å². The lowest BCUT2D eigenvalue weighted by Gasteiger charge is -2.31. The second kappa shape index (κ2) is 12.9.